The Morgan fingerprint density at radius 2 is 0.618 bits per heavy atom. The van der Waals surface area contributed by atoms with Gasteiger partial charge < -0.3 is 19.5 Å². The molecule has 4 heteroatoms. The van der Waals surface area contributed by atoms with Gasteiger partial charge in [-0.2, -0.15) is 0 Å². The summed E-state index contributed by atoms with van der Waals surface area (Å²) in [4.78, 5) is 11.8. The lowest BCUT2D eigenvalue weighted by Gasteiger charge is -2.14. The van der Waals surface area contributed by atoms with E-state index >= 15 is 0 Å². The summed E-state index contributed by atoms with van der Waals surface area (Å²) in [5, 5.41) is 4.33. The van der Waals surface area contributed by atoms with Crippen LogP contribution in [-0.2, 0) is 6.54 Å². The number of aromatic amines is 3. The number of hydrogen-bond donors (Lipinski definition) is 3. The molecule has 0 saturated carbocycles. The van der Waals surface area contributed by atoms with Crippen molar-refractivity contribution in [1.29, 1.82) is 0 Å². The predicted molar refractivity (Wildman–Crippen MR) is 223 cm³/mol. The maximum absolute atomic E-state index is 3.94. The third-order valence-electron chi connectivity index (χ3n) is 10.6. The lowest BCUT2D eigenvalue weighted by Crippen LogP contribution is -2.31. The van der Waals surface area contributed by atoms with Gasteiger partial charge in [-0.25, -0.2) is 0 Å². The van der Waals surface area contributed by atoms with Crippen LogP contribution in [0.3, 0.4) is 0 Å². The molecule has 262 valence electrons. The highest BCUT2D eigenvalue weighted by Gasteiger charge is 2.20. The van der Waals surface area contributed by atoms with E-state index in [1.165, 1.54) is 5.56 Å². The number of nitrogens with one attached hydrogen (secondary N) is 3. The van der Waals surface area contributed by atoms with E-state index in [4.69, 9.17) is 0 Å². The highest BCUT2D eigenvalue weighted by atomic mass is 15.0. The van der Waals surface area contributed by atoms with Gasteiger partial charge in [-0.05, 0) is 76.3 Å². The van der Waals surface area contributed by atoms with Crippen molar-refractivity contribution < 1.29 is 0 Å². The van der Waals surface area contributed by atoms with Crippen LogP contribution in [0, 0.1) is 0 Å². The Hall–Kier alpha value is -7.30. The largest absolute Gasteiger partial charge is 0.354 e. The maximum Gasteiger partial charge on any atom is 0.0515 e. The van der Waals surface area contributed by atoms with Crippen molar-refractivity contribution >= 4 is 22.3 Å². The van der Waals surface area contributed by atoms with Gasteiger partial charge in [0.05, 0.1) is 10.7 Å². The van der Waals surface area contributed by atoms with Crippen molar-refractivity contribution in [3.63, 3.8) is 0 Å². The van der Waals surface area contributed by atoms with Crippen molar-refractivity contribution in [2.75, 3.05) is 0 Å². The van der Waals surface area contributed by atoms with Gasteiger partial charge in [0.15, 0.2) is 0 Å². The average molecular weight is 707 g/mol. The van der Waals surface area contributed by atoms with E-state index in [2.05, 4.69) is 220 Å². The fourth-order valence-corrected chi connectivity index (χ4v) is 8.11. The number of benzene rings is 5. The first-order valence-electron chi connectivity index (χ1n) is 18.8. The standard InChI is InChI=1S/C51H38N4/c1-6-16-35(17-7-1)34-55-46-32-33-47(55)51(39-24-14-5-15-25-39)45-31-29-43(54-45)49(37-20-10-3-11-21-37)41-27-26-40(52-41)48(36-18-8-2-9-19-36)42-28-30-44(53-42)50(46)38-22-12-4-13-23-38/h1-33,52-54H,34H2. The SMILES string of the molecule is c1ccc(Cn2c3ccc2=C(c2ccccc2)c2ccc([nH]2)C(c2ccccc2)=c2ccc([nH]2)=C(c2ccccc2)c2ccc([nH]2)C=3c2ccccc2)cc1. The number of hydrogen-bond acceptors (Lipinski definition) is 0. The van der Waals surface area contributed by atoms with Crippen molar-refractivity contribution in [3.05, 3.63) is 272 Å². The molecule has 0 saturated heterocycles. The van der Waals surface area contributed by atoms with Gasteiger partial charge in [0.2, 0.25) is 0 Å². The van der Waals surface area contributed by atoms with E-state index in [1.807, 2.05) is 0 Å². The Morgan fingerprint density at radius 3 is 1.00 bits per heavy atom. The molecule has 4 nitrogen and oxygen atoms in total. The Kier molecular flexibility index (Phi) is 8.19. The van der Waals surface area contributed by atoms with Gasteiger partial charge in [-0.15, -0.1) is 0 Å². The van der Waals surface area contributed by atoms with E-state index in [-0.39, 0.29) is 0 Å². The lowest BCUT2D eigenvalue weighted by atomic mass is 10.0. The average Bonchev–Trinajstić information content (AvgIpc) is 4.08. The predicted octanol–water partition coefficient (Wildman–Crippen LogP) is 7.82. The number of nitrogens with zero attached hydrogens (tertiary/aromatic N) is 1. The zero-order valence-electron chi connectivity index (χ0n) is 30.2. The monoisotopic (exact) mass is 706 g/mol. The molecule has 0 amide bonds. The van der Waals surface area contributed by atoms with Crippen LogP contribution in [0.25, 0.3) is 22.3 Å². The fraction of sp³-hybridized carbons (Fsp3) is 0.0196. The van der Waals surface area contributed by atoms with Crippen LogP contribution in [0.15, 0.2) is 200 Å². The first-order chi connectivity index (χ1) is 27.3. The molecular weight excluding hydrogens is 669 g/mol. The van der Waals surface area contributed by atoms with Crippen molar-refractivity contribution in [1.82, 2.24) is 19.5 Å². The third kappa shape index (κ3) is 6.00. The van der Waals surface area contributed by atoms with Crippen molar-refractivity contribution in [3.8, 4) is 0 Å². The van der Waals surface area contributed by atoms with Crippen molar-refractivity contribution in [2.24, 2.45) is 0 Å². The quantitative estimate of drug-likeness (QED) is 0.158. The van der Waals surface area contributed by atoms with Gasteiger partial charge >= 0.3 is 0 Å². The van der Waals surface area contributed by atoms with Crippen LogP contribution in [0.4, 0.5) is 0 Å². The molecule has 4 aromatic heterocycles. The van der Waals surface area contributed by atoms with Crippen molar-refractivity contribution in [2.45, 2.75) is 6.54 Å². The molecule has 0 radical (unpaired) electrons. The van der Waals surface area contributed by atoms with Crippen LogP contribution in [0.1, 0.15) is 50.6 Å². The number of aromatic nitrogens is 4. The summed E-state index contributed by atoms with van der Waals surface area (Å²) in [6.07, 6.45) is 0. The minimum Gasteiger partial charge on any atom is -0.354 e. The molecule has 10 rings (SSSR count). The second-order valence-electron chi connectivity index (χ2n) is 14.0. The molecule has 0 atom stereocenters. The van der Waals surface area contributed by atoms with E-state index in [1.54, 1.807) is 0 Å². The summed E-state index contributed by atoms with van der Waals surface area (Å²) >= 11 is 0. The molecule has 1 aliphatic heterocycles. The molecule has 8 bridgehead atoms. The molecule has 5 heterocycles. The third-order valence-corrected chi connectivity index (χ3v) is 10.6. The van der Waals surface area contributed by atoms with E-state index in [0.717, 1.165) is 88.7 Å². The molecule has 1 aliphatic rings. The van der Waals surface area contributed by atoms with E-state index in [0.29, 0.717) is 6.54 Å². The number of rotatable bonds is 6. The van der Waals surface area contributed by atoms with Crippen LogP contribution in [0.2, 0.25) is 0 Å². The fourth-order valence-electron chi connectivity index (χ4n) is 8.11. The molecule has 0 unspecified atom stereocenters. The van der Waals surface area contributed by atoms with Gasteiger partial charge in [0, 0.05) is 62.3 Å². The zero-order chi connectivity index (χ0) is 36.6. The van der Waals surface area contributed by atoms with Crippen LogP contribution < -0.4 is 21.4 Å². The lowest BCUT2D eigenvalue weighted by molar-refractivity contribution is 0.752. The Balaban J connectivity index is 1.40. The zero-order valence-corrected chi connectivity index (χ0v) is 30.2. The Bertz CT molecular complexity index is 2830. The molecule has 9 aromatic rings. The summed E-state index contributed by atoms with van der Waals surface area (Å²) in [5.74, 6) is 0. The maximum atomic E-state index is 3.94. The summed E-state index contributed by atoms with van der Waals surface area (Å²) in [6.45, 7) is 0.693. The Morgan fingerprint density at radius 1 is 0.291 bits per heavy atom. The van der Waals surface area contributed by atoms with E-state index < -0.39 is 0 Å². The normalized spacial score (nSPS) is 12.7. The second-order valence-corrected chi connectivity index (χ2v) is 14.0. The van der Waals surface area contributed by atoms with Crippen LogP contribution in [-0.4, -0.2) is 19.5 Å². The summed E-state index contributed by atoms with van der Waals surface area (Å²) in [5.41, 5.74) is 14.5. The smallest absolute Gasteiger partial charge is 0.0515 e. The molecule has 3 N–H and O–H groups in total. The second kappa shape index (κ2) is 13.9. The minimum atomic E-state index is 0.693. The van der Waals surface area contributed by atoms with Crippen LogP contribution in [0.5, 0.6) is 0 Å². The summed E-state index contributed by atoms with van der Waals surface area (Å²) in [6, 6.07) is 71.6. The van der Waals surface area contributed by atoms with E-state index in [9.17, 15) is 0 Å². The minimum absolute atomic E-state index is 0.693. The first kappa shape index (κ1) is 32.4. The van der Waals surface area contributed by atoms with Gasteiger partial charge in [0.25, 0.3) is 0 Å². The summed E-state index contributed by atoms with van der Waals surface area (Å²) in [7, 11) is 0. The molecule has 0 aliphatic carbocycles. The topological polar surface area (TPSA) is 52.3 Å². The molecular formula is C51H38N4. The first-order valence-corrected chi connectivity index (χ1v) is 18.8. The number of fused-ring (bicyclic) bond motifs is 8. The molecule has 0 spiro atoms. The van der Waals surface area contributed by atoms with Gasteiger partial charge in [-0.1, -0.05) is 152 Å². The molecule has 55 heavy (non-hydrogen) atoms. The molecule has 5 aromatic carbocycles. The van der Waals surface area contributed by atoms with Gasteiger partial charge in [0.1, 0.15) is 0 Å². The highest BCUT2D eigenvalue weighted by Crippen LogP contribution is 2.28. The number of H-pyrrole nitrogens is 3. The Labute approximate surface area is 319 Å². The summed E-state index contributed by atoms with van der Waals surface area (Å²) < 4.78 is 2.49. The molecule has 0 fully saturated rings. The van der Waals surface area contributed by atoms with Gasteiger partial charge in [-0.3, -0.25) is 0 Å². The van der Waals surface area contributed by atoms with Crippen LogP contribution >= 0.6 is 0 Å². The highest BCUT2D eigenvalue weighted by molar-refractivity contribution is 5.84.